The standard InChI is InChI=1S/C31H59P.C2H4O2/c1-4-7-10-13-16-22-27-32(28-23-17-14-11-8-5-2,29-24-18-15-12-9-6-3)30-31-25-20-19-21-26-31;1-2(3)4/h19-21,25-26,32H,4-18,22-24,27-30H2,1-3H3;1H3,(H,3,4). The first-order valence-electron chi connectivity index (χ1n) is 15.7. The summed E-state index contributed by atoms with van der Waals surface area (Å²) in [5, 5.41) is 7.42. The molecule has 1 aromatic carbocycles. The average molecular weight is 523 g/mol. The molecule has 1 aromatic rings. The van der Waals surface area contributed by atoms with Crippen LogP contribution < -0.4 is 0 Å². The third-order valence-corrected chi connectivity index (χ3v) is 13.0. The molecule has 0 bridgehead atoms. The molecule has 0 saturated heterocycles. The summed E-state index contributed by atoms with van der Waals surface area (Å²) in [6, 6.07) is 11.6. The fourth-order valence-electron chi connectivity index (χ4n) is 5.51. The number of hydrogen-bond donors (Lipinski definition) is 1. The molecule has 0 aliphatic rings. The van der Waals surface area contributed by atoms with E-state index in [1.165, 1.54) is 122 Å². The van der Waals surface area contributed by atoms with E-state index in [1.54, 1.807) is 24.0 Å². The van der Waals surface area contributed by atoms with E-state index in [4.69, 9.17) is 9.90 Å². The predicted molar refractivity (Wildman–Crippen MR) is 166 cm³/mol. The minimum absolute atomic E-state index is 0.833. The minimum atomic E-state index is -1.24. The van der Waals surface area contributed by atoms with Crippen LogP contribution >= 0.6 is 7.26 Å². The van der Waals surface area contributed by atoms with Crippen molar-refractivity contribution in [2.24, 2.45) is 0 Å². The first kappa shape index (κ1) is 35.1. The molecule has 0 aliphatic heterocycles. The summed E-state index contributed by atoms with van der Waals surface area (Å²) < 4.78 is 0. The maximum atomic E-state index is 9.00. The van der Waals surface area contributed by atoms with Crippen LogP contribution in [-0.4, -0.2) is 29.6 Å². The zero-order valence-corrected chi connectivity index (χ0v) is 25.8. The molecule has 1 N–H and O–H groups in total. The topological polar surface area (TPSA) is 37.3 Å². The van der Waals surface area contributed by atoms with E-state index in [0.717, 1.165) is 6.92 Å². The Kier molecular flexibility index (Phi) is 25.1. The second-order valence-electron chi connectivity index (χ2n) is 11.2. The molecular formula is C33H63O2P. The Labute approximate surface area is 226 Å². The quantitative estimate of drug-likeness (QED) is 0.115. The number of carbonyl (C=O) groups is 1. The zero-order chi connectivity index (χ0) is 26.7. The Morgan fingerprint density at radius 3 is 1.22 bits per heavy atom. The van der Waals surface area contributed by atoms with Crippen LogP contribution in [0.4, 0.5) is 0 Å². The van der Waals surface area contributed by atoms with Crippen LogP contribution in [0.2, 0.25) is 0 Å². The summed E-state index contributed by atoms with van der Waals surface area (Å²) in [5.74, 6) is -0.833. The van der Waals surface area contributed by atoms with Gasteiger partial charge in [-0.25, -0.2) is 0 Å². The van der Waals surface area contributed by atoms with Crippen LogP contribution in [-0.2, 0) is 11.0 Å². The van der Waals surface area contributed by atoms with Gasteiger partial charge in [0.2, 0.25) is 0 Å². The third-order valence-electron chi connectivity index (χ3n) is 7.60. The molecule has 0 spiro atoms. The second-order valence-corrected chi connectivity index (χ2v) is 16.1. The van der Waals surface area contributed by atoms with Crippen molar-refractivity contribution in [1.82, 2.24) is 0 Å². The number of unbranched alkanes of at least 4 members (excludes halogenated alkanes) is 15. The summed E-state index contributed by atoms with van der Waals surface area (Å²) >= 11 is 0. The van der Waals surface area contributed by atoms with Crippen molar-refractivity contribution in [3.8, 4) is 0 Å². The molecule has 2 nitrogen and oxygen atoms in total. The number of aliphatic carboxylic acids is 1. The Hall–Kier alpha value is -0.880. The molecule has 212 valence electrons. The van der Waals surface area contributed by atoms with Crippen LogP contribution in [0.5, 0.6) is 0 Å². The maximum absolute atomic E-state index is 9.00. The van der Waals surface area contributed by atoms with Gasteiger partial charge >= 0.3 is 204 Å². The van der Waals surface area contributed by atoms with Gasteiger partial charge in [-0.3, -0.25) is 4.79 Å². The molecule has 36 heavy (non-hydrogen) atoms. The number of benzene rings is 1. The van der Waals surface area contributed by atoms with E-state index in [9.17, 15) is 0 Å². The molecule has 3 heteroatoms. The van der Waals surface area contributed by atoms with Crippen molar-refractivity contribution in [1.29, 1.82) is 0 Å². The zero-order valence-electron chi connectivity index (χ0n) is 24.8. The Morgan fingerprint density at radius 2 is 0.889 bits per heavy atom. The molecule has 0 radical (unpaired) electrons. The molecule has 0 atom stereocenters. The normalized spacial score (nSPS) is 11.7. The SMILES string of the molecule is CC(=O)O.CCCCCCCC[PH](CCCCCCCC)(CCCCCCCC)Cc1ccccc1. The molecule has 0 aromatic heterocycles. The van der Waals surface area contributed by atoms with E-state index in [1.807, 2.05) is 0 Å². The molecule has 0 aliphatic carbocycles. The monoisotopic (exact) mass is 522 g/mol. The van der Waals surface area contributed by atoms with Crippen molar-refractivity contribution < 1.29 is 9.90 Å². The van der Waals surface area contributed by atoms with Crippen molar-refractivity contribution in [2.75, 3.05) is 18.5 Å². The van der Waals surface area contributed by atoms with Crippen molar-refractivity contribution >= 4 is 13.2 Å². The van der Waals surface area contributed by atoms with Crippen molar-refractivity contribution in [3.63, 3.8) is 0 Å². The summed E-state index contributed by atoms with van der Waals surface area (Å²) in [6.07, 6.45) is 32.4. The summed E-state index contributed by atoms with van der Waals surface area (Å²) in [7, 11) is -1.24. The Bertz CT molecular complexity index is 542. The number of carboxylic acids is 1. The van der Waals surface area contributed by atoms with Crippen LogP contribution in [0.3, 0.4) is 0 Å². The number of rotatable bonds is 23. The van der Waals surface area contributed by atoms with Gasteiger partial charge in [0.1, 0.15) is 0 Å². The molecule has 0 unspecified atom stereocenters. The van der Waals surface area contributed by atoms with Crippen LogP contribution in [0.25, 0.3) is 0 Å². The van der Waals surface area contributed by atoms with Crippen molar-refractivity contribution in [3.05, 3.63) is 35.9 Å². The molecule has 0 amide bonds. The van der Waals surface area contributed by atoms with E-state index in [0.29, 0.717) is 0 Å². The third kappa shape index (κ3) is 22.3. The predicted octanol–water partition coefficient (Wildman–Crippen LogP) is 11.1. The van der Waals surface area contributed by atoms with Crippen molar-refractivity contribution in [2.45, 2.75) is 149 Å². The summed E-state index contributed by atoms with van der Waals surface area (Å²) in [6.45, 7) is 8.08. The Balaban J connectivity index is 0.00000283. The average Bonchev–Trinajstić information content (AvgIpc) is 2.86. The molecule has 0 heterocycles. The molecule has 0 fully saturated rings. The summed E-state index contributed by atoms with van der Waals surface area (Å²) in [4.78, 5) is 9.00. The Morgan fingerprint density at radius 1 is 0.583 bits per heavy atom. The van der Waals surface area contributed by atoms with Gasteiger partial charge in [-0.05, 0) is 0 Å². The van der Waals surface area contributed by atoms with Gasteiger partial charge in [-0.2, -0.15) is 0 Å². The second kappa shape index (κ2) is 25.8. The number of carboxylic acid groups (broad SMARTS) is 1. The van der Waals surface area contributed by atoms with E-state index < -0.39 is 13.2 Å². The van der Waals surface area contributed by atoms with Gasteiger partial charge in [0, 0.05) is 6.92 Å². The van der Waals surface area contributed by atoms with Gasteiger partial charge in [-0.1, -0.05) is 0 Å². The van der Waals surface area contributed by atoms with E-state index in [-0.39, 0.29) is 0 Å². The van der Waals surface area contributed by atoms with Gasteiger partial charge in [0.15, 0.2) is 0 Å². The van der Waals surface area contributed by atoms with Crippen LogP contribution in [0.1, 0.15) is 149 Å². The fourth-order valence-corrected chi connectivity index (χ4v) is 10.9. The molecular weight excluding hydrogens is 459 g/mol. The van der Waals surface area contributed by atoms with E-state index >= 15 is 0 Å². The first-order valence-corrected chi connectivity index (χ1v) is 18.6. The fraction of sp³-hybridized carbons (Fsp3) is 0.788. The van der Waals surface area contributed by atoms with Gasteiger partial charge in [-0.15, -0.1) is 0 Å². The molecule has 1 rings (SSSR count). The molecule has 0 saturated carbocycles. The van der Waals surface area contributed by atoms with Crippen LogP contribution in [0, 0.1) is 0 Å². The van der Waals surface area contributed by atoms with Gasteiger partial charge in [0.25, 0.3) is 5.97 Å². The van der Waals surface area contributed by atoms with Crippen LogP contribution in [0.15, 0.2) is 30.3 Å². The van der Waals surface area contributed by atoms with Gasteiger partial charge in [0.05, 0.1) is 0 Å². The first-order chi connectivity index (χ1) is 17.5. The summed E-state index contributed by atoms with van der Waals surface area (Å²) in [5.41, 5.74) is 1.64. The van der Waals surface area contributed by atoms with Gasteiger partial charge < -0.3 is 5.11 Å². The number of hydrogen-bond acceptors (Lipinski definition) is 1. The van der Waals surface area contributed by atoms with E-state index in [2.05, 4.69) is 51.1 Å².